The SMILES string of the molecule is CCNC(=O)C(CC(C)C)C1(C(N)=O)CCCC1. The first-order valence-corrected chi connectivity index (χ1v) is 7.01. The van der Waals surface area contributed by atoms with Crippen LogP contribution >= 0.6 is 0 Å². The summed E-state index contributed by atoms with van der Waals surface area (Å²) in [6.07, 6.45) is 4.25. The van der Waals surface area contributed by atoms with Crippen molar-refractivity contribution in [2.45, 2.75) is 52.9 Å². The molecule has 4 nitrogen and oxygen atoms in total. The predicted molar refractivity (Wildman–Crippen MR) is 71.7 cm³/mol. The van der Waals surface area contributed by atoms with Gasteiger partial charge in [-0.3, -0.25) is 9.59 Å². The van der Waals surface area contributed by atoms with Crippen molar-refractivity contribution < 1.29 is 9.59 Å². The van der Waals surface area contributed by atoms with Crippen LogP contribution in [0, 0.1) is 17.3 Å². The first-order chi connectivity index (χ1) is 8.44. The third kappa shape index (κ3) is 3.03. The van der Waals surface area contributed by atoms with Gasteiger partial charge in [-0.1, -0.05) is 26.7 Å². The molecule has 0 saturated heterocycles. The molecule has 3 N–H and O–H groups in total. The molecule has 1 rings (SSSR count). The molecule has 1 aliphatic carbocycles. The molecule has 0 radical (unpaired) electrons. The van der Waals surface area contributed by atoms with Crippen LogP contribution in [0.1, 0.15) is 52.9 Å². The fourth-order valence-corrected chi connectivity index (χ4v) is 3.12. The van der Waals surface area contributed by atoms with Crippen molar-refractivity contribution in [3.8, 4) is 0 Å². The monoisotopic (exact) mass is 254 g/mol. The number of hydrogen-bond acceptors (Lipinski definition) is 2. The van der Waals surface area contributed by atoms with Gasteiger partial charge in [0.25, 0.3) is 0 Å². The highest BCUT2D eigenvalue weighted by molar-refractivity contribution is 5.90. The minimum atomic E-state index is -0.608. The van der Waals surface area contributed by atoms with Gasteiger partial charge in [0.05, 0.1) is 11.3 Å². The van der Waals surface area contributed by atoms with Crippen molar-refractivity contribution in [1.29, 1.82) is 0 Å². The zero-order valence-electron chi connectivity index (χ0n) is 11.8. The molecule has 4 heteroatoms. The zero-order valence-corrected chi connectivity index (χ0v) is 11.8. The molecule has 18 heavy (non-hydrogen) atoms. The van der Waals surface area contributed by atoms with Crippen molar-refractivity contribution in [3.63, 3.8) is 0 Å². The summed E-state index contributed by atoms with van der Waals surface area (Å²) in [6, 6.07) is 0. The second-order valence-electron chi connectivity index (χ2n) is 5.80. The summed E-state index contributed by atoms with van der Waals surface area (Å²) in [6.45, 7) is 6.66. The molecule has 1 atom stereocenters. The molecule has 0 aromatic heterocycles. The van der Waals surface area contributed by atoms with Crippen LogP contribution in [0.2, 0.25) is 0 Å². The maximum absolute atomic E-state index is 12.3. The van der Waals surface area contributed by atoms with Crippen molar-refractivity contribution in [2.24, 2.45) is 23.0 Å². The van der Waals surface area contributed by atoms with Gasteiger partial charge in [-0.15, -0.1) is 0 Å². The van der Waals surface area contributed by atoms with E-state index in [4.69, 9.17) is 5.73 Å². The molecular weight excluding hydrogens is 228 g/mol. The maximum Gasteiger partial charge on any atom is 0.224 e. The molecule has 0 aliphatic heterocycles. The minimum absolute atomic E-state index is 0.00750. The summed E-state index contributed by atoms with van der Waals surface area (Å²) in [5.41, 5.74) is 5.02. The average molecular weight is 254 g/mol. The van der Waals surface area contributed by atoms with Gasteiger partial charge >= 0.3 is 0 Å². The highest BCUT2D eigenvalue weighted by atomic mass is 16.2. The van der Waals surface area contributed by atoms with E-state index in [-0.39, 0.29) is 17.7 Å². The zero-order chi connectivity index (χ0) is 13.8. The van der Waals surface area contributed by atoms with Crippen LogP contribution < -0.4 is 11.1 Å². The topological polar surface area (TPSA) is 72.2 Å². The van der Waals surface area contributed by atoms with Crippen molar-refractivity contribution in [1.82, 2.24) is 5.32 Å². The Morgan fingerprint density at radius 2 is 1.83 bits per heavy atom. The number of primary amides is 1. The Labute approximate surface area is 110 Å². The molecular formula is C14H26N2O2. The Morgan fingerprint density at radius 3 is 2.22 bits per heavy atom. The van der Waals surface area contributed by atoms with Gasteiger partial charge in [-0.25, -0.2) is 0 Å². The fraction of sp³-hybridized carbons (Fsp3) is 0.857. The third-order valence-electron chi connectivity index (χ3n) is 4.03. The van der Waals surface area contributed by atoms with Crippen molar-refractivity contribution in [2.75, 3.05) is 6.54 Å². The molecule has 104 valence electrons. The largest absolute Gasteiger partial charge is 0.369 e. The molecule has 0 spiro atoms. The van der Waals surface area contributed by atoms with Gasteiger partial charge in [0.1, 0.15) is 0 Å². The molecule has 1 unspecified atom stereocenters. The second-order valence-corrected chi connectivity index (χ2v) is 5.80. The highest BCUT2D eigenvalue weighted by Crippen LogP contribution is 2.46. The molecule has 1 aliphatic rings. The first kappa shape index (κ1) is 15.0. The van der Waals surface area contributed by atoms with Crippen LogP contribution in [0.4, 0.5) is 0 Å². The van der Waals surface area contributed by atoms with Gasteiger partial charge in [-0.05, 0) is 32.1 Å². The van der Waals surface area contributed by atoms with Crippen LogP contribution in [-0.2, 0) is 9.59 Å². The number of carbonyl (C=O) groups excluding carboxylic acids is 2. The van der Waals surface area contributed by atoms with E-state index in [2.05, 4.69) is 19.2 Å². The highest BCUT2D eigenvalue weighted by Gasteiger charge is 2.49. The van der Waals surface area contributed by atoms with Crippen molar-refractivity contribution in [3.05, 3.63) is 0 Å². The lowest BCUT2D eigenvalue weighted by Crippen LogP contribution is -2.48. The minimum Gasteiger partial charge on any atom is -0.369 e. The number of nitrogens with two attached hydrogens (primary N) is 1. The van der Waals surface area contributed by atoms with E-state index in [0.717, 1.165) is 32.1 Å². The standard InChI is InChI=1S/C14H26N2O2/c1-4-16-12(17)11(9-10(2)3)14(13(15)18)7-5-6-8-14/h10-11H,4-9H2,1-3H3,(H2,15,18)(H,16,17). The molecule has 0 aromatic carbocycles. The number of amides is 2. The Hall–Kier alpha value is -1.06. The van der Waals surface area contributed by atoms with E-state index in [1.165, 1.54) is 0 Å². The van der Waals surface area contributed by atoms with Crippen LogP contribution in [0.5, 0.6) is 0 Å². The van der Waals surface area contributed by atoms with E-state index in [1.807, 2.05) is 6.92 Å². The van der Waals surface area contributed by atoms with Gasteiger partial charge in [-0.2, -0.15) is 0 Å². The van der Waals surface area contributed by atoms with Crippen LogP contribution in [-0.4, -0.2) is 18.4 Å². The summed E-state index contributed by atoms with van der Waals surface area (Å²) >= 11 is 0. The Kier molecular flexibility index (Phi) is 5.17. The number of nitrogens with one attached hydrogen (secondary N) is 1. The van der Waals surface area contributed by atoms with Crippen LogP contribution in [0.3, 0.4) is 0 Å². The number of carbonyl (C=O) groups is 2. The summed E-state index contributed by atoms with van der Waals surface area (Å²) in [5.74, 6) is -0.185. The van der Waals surface area contributed by atoms with Gasteiger partial charge in [0.15, 0.2) is 0 Å². The van der Waals surface area contributed by atoms with Crippen LogP contribution in [0.25, 0.3) is 0 Å². The Bertz CT molecular complexity index is 307. The lowest BCUT2D eigenvalue weighted by molar-refractivity contribution is -0.141. The molecule has 1 fully saturated rings. The lowest BCUT2D eigenvalue weighted by Gasteiger charge is -2.34. The summed E-state index contributed by atoms with van der Waals surface area (Å²) in [4.78, 5) is 24.2. The number of rotatable bonds is 6. The molecule has 0 aromatic rings. The summed E-state index contributed by atoms with van der Waals surface area (Å²) in [7, 11) is 0. The van der Waals surface area contributed by atoms with Crippen LogP contribution in [0.15, 0.2) is 0 Å². The molecule has 0 heterocycles. The maximum atomic E-state index is 12.3. The lowest BCUT2D eigenvalue weighted by atomic mass is 9.69. The third-order valence-corrected chi connectivity index (χ3v) is 4.03. The first-order valence-electron chi connectivity index (χ1n) is 7.01. The number of hydrogen-bond donors (Lipinski definition) is 2. The second kappa shape index (κ2) is 6.21. The Balaban J connectivity index is 2.98. The van der Waals surface area contributed by atoms with E-state index < -0.39 is 5.41 Å². The van der Waals surface area contributed by atoms with E-state index in [0.29, 0.717) is 12.5 Å². The van der Waals surface area contributed by atoms with Gasteiger partial charge in [0.2, 0.25) is 11.8 Å². The molecule has 2 amide bonds. The predicted octanol–water partition coefficient (Wildman–Crippen LogP) is 1.83. The smallest absolute Gasteiger partial charge is 0.224 e. The summed E-state index contributed by atoms with van der Waals surface area (Å²) < 4.78 is 0. The van der Waals surface area contributed by atoms with Crippen molar-refractivity contribution >= 4 is 11.8 Å². The molecule has 1 saturated carbocycles. The van der Waals surface area contributed by atoms with E-state index >= 15 is 0 Å². The fourth-order valence-electron chi connectivity index (χ4n) is 3.12. The quantitative estimate of drug-likeness (QED) is 0.759. The summed E-state index contributed by atoms with van der Waals surface area (Å²) in [5, 5.41) is 2.86. The van der Waals surface area contributed by atoms with E-state index in [1.54, 1.807) is 0 Å². The van der Waals surface area contributed by atoms with Gasteiger partial charge < -0.3 is 11.1 Å². The molecule has 0 bridgehead atoms. The Morgan fingerprint density at radius 1 is 1.28 bits per heavy atom. The van der Waals surface area contributed by atoms with Gasteiger partial charge in [0, 0.05) is 6.54 Å². The van der Waals surface area contributed by atoms with E-state index in [9.17, 15) is 9.59 Å². The normalized spacial score (nSPS) is 19.8. The average Bonchev–Trinajstić information content (AvgIpc) is 2.76.